The van der Waals surface area contributed by atoms with Gasteiger partial charge >= 0.3 is 0 Å². The van der Waals surface area contributed by atoms with E-state index in [0.29, 0.717) is 12.4 Å². The zero-order valence-electron chi connectivity index (χ0n) is 16.5. The molecule has 0 fully saturated rings. The van der Waals surface area contributed by atoms with Crippen molar-refractivity contribution < 1.29 is 4.79 Å². The molecule has 0 aliphatic carbocycles. The number of aromatic nitrogens is 4. The number of pyridine rings is 1. The van der Waals surface area contributed by atoms with E-state index in [1.807, 2.05) is 16.8 Å². The second-order valence-corrected chi connectivity index (χ2v) is 7.29. The summed E-state index contributed by atoms with van der Waals surface area (Å²) in [4.78, 5) is 23.2. The number of imidazole rings is 2. The Hall–Kier alpha value is -3.41. The molecule has 3 heterocycles. The quantitative estimate of drug-likeness (QED) is 0.550. The van der Waals surface area contributed by atoms with Gasteiger partial charge in [0.25, 0.3) is 5.91 Å². The average Bonchev–Trinajstić information content (AvgIpc) is 3.27. The minimum Gasteiger partial charge on any atom is -0.342 e. The van der Waals surface area contributed by atoms with Gasteiger partial charge in [0, 0.05) is 38.2 Å². The Morgan fingerprint density at radius 3 is 2.46 bits per heavy atom. The largest absolute Gasteiger partial charge is 0.342 e. The van der Waals surface area contributed by atoms with Gasteiger partial charge in [-0.15, -0.1) is 0 Å². The van der Waals surface area contributed by atoms with Crippen LogP contribution < -0.4 is 0 Å². The van der Waals surface area contributed by atoms with Crippen LogP contribution in [0.2, 0.25) is 0 Å². The van der Waals surface area contributed by atoms with Crippen molar-refractivity contribution in [1.29, 1.82) is 0 Å². The summed E-state index contributed by atoms with van der Waals surface area (Å²) in [5, 5.41) is 0. The molecule has 1 aromatic carbocycles. The molecule has 0 atom stereocenters. The van der Waals surface area contributed by atoms with E-state index in [0.717, 1.165) is 28.2 Å². The monoisotopic (exact) mass is 373 g/mol. The molecule has 0 spiro atoms. The number of hydrogen-bond acceptors (Lipinski definition) is 3. The van der Waals surface area contributed by atoms with Crippen molar-refractivity contribution in [2.45, 2.75) is 20.4 Å². The molecular formula is C22H23N5O. The van der Waals surface area contributed by atoms with Gasteiger partial charge in [-0.25, -0.2) is 9.97 Å². The van der Waals surface area contributed by atoms with E-state index in [4.69, 9.17) is 4.98 Å². The maximum atomic E-state index is 12.5. The molecule has 0 radical (unpaired) electrons. The van der Waals surface area contributed by atoms with Crippen LogP contribution in [-0.4, -0.2) is 43.8 Å². The van der Waals surface area contributed by atoms with Crippen LogP contribution in [0, 0.1) is 13.8 Å². The molecule has 0 saturated heterocycles. The standard InChI is InChI=1S/C22H23N5O/c1-15-5-8-17(9-6-15)20-18(27-13-16(2)7-10-19(27)24-20)14-26-12-11-23-21(26)22(28)25(3)4/h5-13H,14H2,1-4H3. The second kappa shape index (κ2) is 6.96. The predicted molar refractivity (Wildman–Crippen MR) is 109 cm³/mol. The molecule has 142 valence electrons. The van der Waals surface area contributed by atoms with Crippen LogP contribution in [0.25, 0.3) is 16.9 Å². The van der Waals surface area contributed by atoms with E-state index in [1.54, 1.807) is 25.2 Å². The van der Waals surface area contributed by atoms with Gasteiger partial charge in [-0.3, -0.25) is 4.79 Å². The first-order chi connectivity index (χ1) is 13.4. The molecule has 28 heavy (non-hydrogen) atoms. The van der Waals surface area contributed by atoms with Crippen LogP contribution >= 0.6 is 0 Å². The highest BCUT2D eigenvalue weighted by Crippen LogP contribution is 2.26. The summed E-state index contributed by atoms with van der Waals surface area (Å²) < 4.78 is 3.99. The van der Waals surface area contributed by atoms with Crippen LogP contribution in [0.4, 0.5) is 0 Å². The maximum Gasteiger partial charge on any atom is 0.289 e. The molecule has 1 amide bonds. The van der Waals surface area contributed by atoms with Crippen LogP contribution in [-0.2, 0) is 6.54 Å². The molecule has 0 aliphatic rings. The molecule has 0 aliphatic heterocycles. The van der Waals surface area contributed by atoms with Crippen molar-refractivity contribution in [3.05, 3.63) is 77.6 Å². The van der Waals surface area contributed by atoms with E-state index in [-0.39, 0.29) is 5.91 Å². The van der Waals surface area contributed by atoms with Gasteiger partial charge in [0.05, 0.1) is 17.9 Å². The molecular weight excluding hydrogens is 350 g/mol. The lowest BCUT2D eigenvalue weighted by Gasteiger charge is -2.13. The van der Waals surface area contributed by atoms with Crippen LogP contribution in [0.15, 0.2) is 55.0 Å². The maximum absolute atomic E-state index is 12.5. The summed E-state index contributed by atoms with van der Waals surface area (Å²) in [6.45, 7) is 4.64. The number of carbonyl (C=O) groups is 1. The van der Waals surface area contributed by atoms with Crippen molar-refractivity contribution in [3.63, 3.8) is 0 Å². The zero-order chi connectivity index (χ0) is 19.8. The Bertz CT molecular complexity index is 1150. The summed E-state index contributed by atoms with van der Waals surface area (Å²) in [5.41, 5.74) is 6.24. The number of hydrogen-bond donors (Lipinski definition) is 0. The molecule has 3 aromatic heterocycles. The Kier molecular flexibility index (Phi) is 4.47. The third-order valence-corrected chi connectivity index (χ3v) is 4.82. The second-order valence-electron chi connectivity index (χ2n) is 7.29. The molecule has 0 unspecified atom stereocenters. The van der Waals surface area contributed by atoms with Crippen LogP contribution in [0.3, 0.4) is 0 Å². The Labute approximate surface area is 164 Å². The van der Waals surface area contributed by atoms with Crippen molar-refractivity contribution in [2.75, 3.05) is 14.1 Å². The number of rotatable bonds is 4. The van der Waals surface area contributed by atoms with Crippen LogP contribution in [0.1, 0.15) is 27.4 Å². The predicted octanol–water partition coefficient (Wildman–Crippen LogP) is 3.56. The first kappa shape index (κ1) is 18.0. The van der Waals surface area contributed by atoms with Crippen molar-refractivity contribution in [3.8, 4) is 11.3 Å². The number of aryl methyl sites for hydroxylation is 2. The average molecular weight is 373 g/mol. The molecule has 6 heteroatoms. The molecule has 4 rings (SSSR count). The summed E-state index contributed by atoms with van der Waals surface area (Å²) >= 11 is 0. The van der Waals surface area contributed by atoms with E-state index in [2.05, 4.69) is 59.8 Å². The fourth-order valence-electron chi connectivity index (χ4n) is 3.29. The topological polar surface area (TPSA) is 55.4 Å². The lowest BCUT2D eigenvalue weighted by molar-refractivity contribution is 0.0811. The van der Waals surface area contributed by atoms with Gasteiger partial charge in [0.1, 0.15) is 5.65 Å². The summed E-state index contributed by atoms with van der Waals surface area (Å²) in [6.07, 6.45) is 5.58. The molecule has 0 saturated carbocycles. The highest BCUT2D eigenvalue weighted by atomic mass is 16.2. The lowest BCUT2D eigenvalue weighted by Crippen LogP contribution is -2.25. The number of amides is 1. The molecule has 6 nitrogen and oxygen atoms in total. The molecule has 0 bridgehead atoms. The zero-order valence-corrected chi connectivity index (χ0v) is 16.5. The Morgan fingerprint density at radius 1 is 1.04 bits per heavy atom. The van der Waals surface area contributed by atoms with E-state index in [1.165, 1.54) is 5.56 Å². The summed E-state index contributed by atoms with van der Waals surface area (Å²) in [5.74, 6) is 0.300. The highest BCUT2D eigenvalue weighted by molar-refractivity contribution is 5.90. The highest BCUT2D eigenvalue weighted by Gasteiger charge is 2.19. The molecule has 0 N–H and O–H groups in total. The minimum absolute atomic E-state index is 0.119. The van der Waals surface area contributed by atoms with Gasteiger partial charge in [0.2, 0.25) is 0 Å². The van der Waals surface area contributed by atoms with E-state index in [9.17, 15) is 4.79 Å². The van der Waals surface area contributed by atoms with E-state index < -0.39 is 0 Å². The van der Waals surface area contributed by atoms with Crippen molar-refractivity contribution in [1.82, 2.24) is 23.8 Å². The number of carbonyl (C=O) groups excluding carboxylic acids is 1. The third-order valence-electron chi connectivity index (χ3n) is 4.82. The van der Waals surface area contributed by atoms with E-state index >= 15 is 0 Å². The van der Waals surface area contributed by atoms with Crippen molar-refractivity contribution >= 4 is 11.6 Å². The summed E-state index contributed by atoms with van der Waals surface area (Å²) in [6, 6.07) is 12.4. The smallest absolute Gasteiger partial charge is 0.289 e. The van der Waals surface area contributed by atoms with Gasteiger partial charge in [-0.1, -0.05) is 35.9 Å². The number of nitrogens with zero attached hydrogens (tertiary/aromatic N) is 5. The normalized spacial score (nSPS) is 11.1. The van der Waals surface area contributed by atoms with Gasteiger partial charge in [0.15, 0.2) is 5.82 Å². The first-order valence-corrected chi connectivity index (χ1v) is 9.21. The molecule has 4 aromatic rings. The van der Waals surface area contributed by atoms with Gasteiger partial charge < -0.3 is 13.9 Å². The first-order valence-electron chi connectivity index (χ1n) is 9.21. The van der Waals surface area contributed by atoms with Gasteiger partial charge in [-0.05, 0) is 25.5 Å². The fraction of sp³-hybridized carbons (Fsp3) is 0.227. The fourth-order valence-corrected chi connectivity index (χ4v) is 3.29. The number of benzene rings is 1. The number of fused-ring (bicyclic) bond motifs is 1. The SMILES string of the molecule is Cc1ccc(-c2nc3ccc(C)cn3c2Cn2ccnc2C(=O)N(C)C)cc1. The summed E-state index contributed by atoms with van der Waals surface area (Å²) in [7, 11) is 3.47. The Balaban J connectivity index is 1.87. The van der Waals surface area contributed by atoms with Gasteiger partial charge in [-0.2, -0.15) is 0 Å². The lowest BCUT2D eigenvalue weighted by atomic mass is 10.1. The minimum atomic E-state index is -0.119. The Morgan fingerprint density at radius 2 is 1.75 bits per heavy atom. The van der Waals surface area contributed by atoms with Crippen LogP contribution in [0.5, 0.6) is 0 Å². The third kappa shape index (κ3) is 3.17. The van der Waals surface area contributed by atoms with Crippen molar-refractivity contribution in [2.24, 2.45) is 0 Å².